The molecule has 3 heterocycles. The number of halogens is 3. The van der Waals surface area contributed by atoms with Crippen LogP contribution < -0.4 is 9.64 Å². The van der Waals surface area contributed by atoms with Crippen LogP contribution in [0.25, 0.3) is 22.0 Å². The van der Waals surface area contributed by atoms with Crippen molar-refractivity contribution >= 4 is 40.1 Å². The van der Waals surface area contributed by atoms with Crippen LogP contribution in [-0.2, 0) is 16.1 Å². The van der Waals surface area contributed by atoms with Crippen molar-refractivity contribution in [2.45, 2.75) is 59.5 Å². The smallest absolute Gasteiger partial charge is 0.387 e. The Morgan fingerprint density at radius 2 is 1.75 bits per heavy atom. The zero-order valence-electron chi connectivity index (χ0n) is 22.7. The van der Waals surface area contributed by atoms with E-state index in [0.717, 1.165) is 33.4 Å². The van der Waals surface area contributed by atoms with Crippen molar-refractivity contribution in [3.8, 4) is 16.9 Å². The van der Waals surface area contributed by atoms with E-state index in [1.54, 1.807) is 12.1 Å². The molecule has 2 aromatic heterocycles. The molecule has 1 N–H and O–H groups in total. The van der Waals surface area contributed by atoms with Crippen molar-refractivity contribution in [3.05, 3.63) is 64.6 Å². The van der Waals surface area contributed by atoms with Gasteiger partial charge >= 0.3 is 12.6 Å². The quantitative estimate of drug-likeness (QED) is 0.254. The lowest BCUT2D eigenvalue weighted by Gasteiger charge is -2.34. The average Bonchev–Trinajstić information content (AvgIpc) is 3.21. The predicted octanol–water partition coefficient (Wildman–Crippen LogP) is 7.06. The van der Waals surface area contributed by atoms with Gasteiger partial charge < -0.3 is 24.0 Å². The highest BCUT2D eigenvalue weighted by Gasteiger charge is 2.36. The molecule has 0 radical (unpaired) electrons. The Bertz CT molecular complexity index is 1580. The molecule has 40 heavy (non-hydrogen) atoms. The number of hydrogen-bond donors (Lipinski definition) is 1. The second kappa shape index (κ2) is 10.3. The first-order valence-electron chi connectivity index (χ1n) is 12.7. The summed E-state index contributed by atoms with van der Waals surface area (Å²) in [6.45, 7) is 7.41. The molecule has 4 aromatic rings. The molecule has 5 rings (SSSR count). The third-order valence-corrected chi connectivity index (χ3v) is 7.07. The van der Waals surface area contributed by atoms with Crippen LogP contribution in [0.4, 0.5) is 20.4 Å². The summed E-state index contributed by atoms with van der Waals surface area (Å²) in [5, 5.41) is 11.9. The second-order valence-corrected chi connectivity index (χ2v) is 11.1. The van der Waals surface area contributed by atoms with E-state index < -0.39 is 24.3 Å². The van der Waals surface area contributed by atoms with Gasteiger partial charge in [-0.05, 0) is 69.5 Å². The highest BCUT2D eigenvalue weighted by molar-refractivity contribution is 6.30. The van der Waals surface area contributed by atoms with E-state index in [-0.39, 0.29) is 11.7 Å². The lowest BCUT2D eigenvalue weighted by atomic mass is 9.87. The van der Waals surface area contributed by atoms with E-state index in [2.05, 4.69) is 19.3 Å². The molecule has 0 saturated carbocycles. The third kappa shape index (κ3) is 5.09. The molecule has 1 aliphatic rings. The first-order chi connectivity index (χ1) is 18.9. The number of carboxylic acids is 1. The largest absolute Gasteiger partial charge is 0.479 e. The van der Waals surface area contributed by atoms with Crippen LogP contribution in [0.5, 0.6) is 5.75 Å². The van der Waals surface area contributed by atoms with E-state index in [0.29, 0.717) is 29.2 Å². The molecular weight excluding hydrogens is 542 g/mol. The lowest BCUT2D eigenvalue weighted by molar-refractivity contribution is -0.160. The fourth-order valence-electron chi connectivity index (χ4n) is 5.35. The molecule has 210 valence electrons. The molecular formula is C29H29ClF2N4O4. The number of alkyl halides is 2. The molecule has 1 aliphatic heterocycles. The zero-order valence-corrected chi connectivity index (χ0v) is 23.5. The van der Waals surface area contributed by atoms with Crippen molar-refractivity contribution in [1.82, 2.24) is 14.5 Å². The first kappa shape index (κ1) is 27.8. The number of carboxylic acid groups (broad SMARTS) is 1. The maximum absolute atomic E-state index is 12.8. The normalized spacial score (nSPS) is 14.2. The fourth-order valence-corrected chi connectivity index (χ4v) is 5.47. The third-order valence-electron chi connectivity index (χ3n) is 6.82. The molecule has 1 atom stereocenters. The number of anilines is 2. The molecule has 11 heteroatoms. The van der Waals surface area contributed by atoms with Gasteiger partial charge in [0.05, 0.1) is 29.2 Å². The zero-order chi connectivity index (χ0) is 28.9. The van der Waals surface area contributed by atoms with Gasteiger partial charge in [0.25, 0.3) is 0 Å². The van der Waals surface area contributed by atoms with Crippen molar-refractivity contribution in [1.29, 1.82) is 0 Å². The summed E-state index contributed by atoms with van der Waals surface area (Å²) in [4.78, 5) is 23.3. The van der Waals surface area contributed by atoms with Crippen LogP contribution in [0.15, 0.2) is 42.7 Å². The average molecular weight is 571 g/mol. The summed E-state index contributed by atoms with van der Waals surface area (Å²) < 4.78 is 38.2. The van der Waals surface area contributed by atoms with Gasteiger partial charge in [0.1, 0.15) is 0 Å². The minimum Gasteiger partial charge on any atom is -0.479 e. The monoisotopic (exact) mass is 570 g/mol. The van der Waals surface area contributed by atoms with Gasteiger partial charge in [-0.15, -0.1) is 0 Å². The SMILES string of the molecule is Cc1c([C@H](OC(C)(C)C)C(=O)O)c(-c2ccc(Cl)cc2)c2cc(C)n3c2c1N(c1ncc(OC(F)F)cn1)CC3. The van der Waals surface area contributed by atoms with Crippen LogP contribution >= 0.6 is 11.6 Å². The van der Waals surface area contributed by atoms with E-state index in [4.69, 9.17) is 16.3 Å². The number of nitrogens with zero attached hydrogens (tertiary/aromatic N) is 4. The highest BCUT2D eigenvalue weighted by Crippen LogP contribution is 2.49. The minimum absolute atomic E-state index is 0.153. The van der Waals surface area contributed by atoms with Gasteiger partial charge in [-0.2, -0.15) is 8.78 Å². The molecule has 2 aromatic carbocycles. The number of aryl methyl sites for hydroxylation is 1. The van der Waals surface area contributed by atoms with Crippen LogP contribution in [0, 0.1) is 13.8 Å². The van der Waals surface area contributed by atoms with E-state index in [1.165, 1.54) is 12.4 Å². The number of aromatic nitrogens is 3. The first-order valence-corrected chi connectivity index (χ1v) is 13.1. The van der Waals surface area contributed by atoms with Crippen molar-refractivity contribution in [2.75, 3.05) is 11.4 Å². The molecule has 0 saturated heterocycles. The van der Waals surface area contributed by atoms with Gasteiger partial charge in [0, 0.05) is 34.8 Å². The number of rotatable bonds is 7. The summed E-state index contributed by atoms with van der Waals surface area (Å²) in [7, 11) is 0. The molecule has 8 nitrogen and oxygen atoms in total. The maximum atomic E-state index is 12.8. The van der Waals surface area contributed by atoms with Gasteiger partial charge in [-0.3, -0.25) is 0 Å². The summed E-state index contributed by atoms with van der Waals surface area (Å²) in [5.41, 5.74) is 4.61. The number of ether oxygens (including phenoxy) is 2. The van der Waals surface area contributed by atoms with Crippen molar-refractivity contribution in [2.24, 2.45) is 0 Å². The van der Waals surface area contributed by atoms with Gasteiger partial charge in [-0.25, -0.2) is 14.8 Å². The summed E-state index contributed by atoms with van der Waals surface area (Å²) in [5.74, 6) is -0.992. The predicted molar refractivity (Wildman–Crippen MR) is 149 cm³/mol. The van der Waals surface area contributed by atoms with Crippen LogP contribution in [0.1, 0.15) is 43.7 Å². The Kier molecular flexibility index (Phi) is 7.18. The Balaban J connectivity index is 1.82. The number of benzene rings is 2. The number of carbonyl (C=O) groups is 1. The minimum atomic E-state index is -2.99. The summed E-state index contributed by atoms with van der Waals surface area (Å²) in [6, 6.07) is 9.34. The van der Waals surface area contributed by atoms with Crippen LogP contribution in [0.2, 0.25) is 5.02 Å². The Morgan fingerprint density at radius 1 is 1.10 bits per heavy atom. The molecule has 0 spiro atoms. The fraction of sp³-hybridized carbons (Fsp3) is 0.345. The second-order valence-electron chi connectivity index (χ2n) is 10.7. The van der Waals surface area contributed by atoms with Gasteiger partial charge in [-0.1, -0.05) is 23.7 Å². The Hall–Kier alpha value is -3.76. The molecule has 0 bridgehead atoms. The maximum Gasteiger partial charge on any atom is 0.387 e. The van der Waals surface area contributed by atoms with Crippen molar-refractivity contribution < 1.29 is 28.2 Å². The highest BCUT2D eigenvalue weighted by atomic mass is 35.5. The lowest BCUT2D eigenvalue weighted by Crippen LogP contribution is -2.32. The number of aliphatic carboxylic acids is 1. The molecule has 0 unspecified atom stereocenters. The Labute approximate surface area is 235 Å². The van der Waals surface area contributed by atoms with Gasteiger partial charge in [0.15, 0.2) is 11.9 Å². The summed E-state index contributed by atoms with van der Waals surface area (Å²) in [6.07, 6.45) is 1.11. The van der Waals surface area contributed by atoms with Gasteiger partial charge in [0.2, 0.25) is 5.95 Å². The molecule has 0 fully saturated rings. The van der Waals surface area contributed by atoms with E-state index in [1.807, 2.05) is 57.7 Å². The number of hydrogen-bond acceptors (Lipinski definition) is 6. The molecule has 0 aliphatic carbocycles. The van der Waals surface area contributed by atoms with E-state index in [9.17, 15) is 18.7 Å². The van der Waals surface area contributed by atoms with E-state index >= 15 is 0 Å². The Morgan fingerprint density at radius 3 is 2.33 bits per heavy atom. The summed E-state index contributed by atoms with van der Waals surface area (Å²) >= 11 is 6.21. The van der Waals surface area contributed by atoms with Crippen molar-refractivity contribution in [3.63, 3.8) is 0 Å². The van der Waals surface area contributed by atoms with Crippen LogP contribution in [-0.4, -0.2) is 44.4 Å². The standard InChI is InChI=1S/C29H29ClF2N4O4/c1-15-12-20-22(17-6-8-18(30)9-7-17)21(25(26(37)38)40-29(3,4)5)16(2)23-24(20)35(15)10-11-36(23)28-33-13-19(14-34-28)39-27(31)32/h6-9,12-14,25,27H,10-11H2,1-5H3,(H,37,38)/t25-/m0/s1. The topological polar surface area (TPSA) is 89.7 Å². The molecule has 0 amide bonds. The van der Waals surface area contributed by atoms with Crippen LogP contribution in [0.3, 0.4) is 0 Å².